The second kappa shape index (κ2) is 10.0. The summed E-state index contributed by atoms with van der Waals surface area (Å²) in [5, 5.41) is -1.36. The molecule has 1 aromatic heterocycles. The third kappa shape index (κ3) is 5.62. The molecule has 10 heteroatoms. The normalized spacial score (nSPS) is 14.3. The first-order valence-electron chi connectivity index (χ1n) is 10.7. The van der Waals surface area contributed by atoms with Gasteiger partial charge >= 0.3 is 17.5 Å². The molecule has 0 N–H and O–H groups in total. The van der Waals surface area contributed by atoms with Crippen LogP contribution in [0.15, 0.2) is 67.0 Å². The van der Waals surface area contributed by atoms with Crippen molar-refractivity contribution in [2.45, 2.75) is 37.6 Å². The number of ether oxygens (including phenoxy) is 1. The predicted molar refractivity (Wildman–Crippen MR) is 120 cm³/mol. The molecule has 1 heterocycles. The number of anilines is 1. The third-order valence-electron chi connectivity index (χ3n) is 5.63. The van der Waals surface area contributed by atoms with Crippen molar-refractivity contribution >= 4 is 28.6 Å². The van der Waals surface area contributed by atoms with Crippen molar-refractivity contribution in [1.82, 2.24) is 4.98 Å². The van der Waals surface area contributed by atoms with Crippen LogP contribution in [0.4, 0.5) is 28.0 Å². The van der Waals surface area contributed by atoms with Gasteiger partial charge in [-0.25, -0.2) is 9.18 Å². The monoisotopic (exact) mass is 506 g/mol. The Balaban J connectivity index is 1.79. The van der Waals surface area contributed by atoms with Gasteiger partial charge < -0.3 is 4.74 Å². The Morgan fingerprint density at radius 2 is 1.83 bits per heavy atom. The molecule has 1 atom stereocenters. The Kier molecular flexibility index (Phi) is 7.07. The Hall–Kier alpha value is -3.46. The number of pyridine rings is 1. The lowest BCUT2D eigenvalue weighted by Crippen LogP contribution is -2.39. The predicted octanol–water partition coefficient (Wildman–Crippen LogP) is 6.77. The van der Waals surface area contributed by atoms with Gasteiger partial charge in [-0.05, 0) is 59.7 Å². The molecule has 35 heavy (non-hydrogen) atoms. The second-order valence-electron chi connectivity index (χ2n) is 8.06. The van der Waals surface area contributed by atoms with E-state index in [9.17, 15) is 22.8 Å². The minimum atomic E-state index is -4.90. The van der Waals surface area contributed by atoms with Gasteiger partial charge in [0.25, 0.3) is 0 Å². The number of hydrogen-bond donors (Lipinski definition) is 0. The summed E-state index contributed by atoms with van der Waals surface area (Å²) in [4.78, 5) is 29.9. The van der Waals surface area contributed by atoms with Gasteiger partial charge in [0.05, 0.1) is 11.3 Å². The van der Waals surface area contributed by atoms with Crippen molar-refractivity contribution in [1.29, 1.82) is 0 Å². The van der Waals surface area contributed by atoms with Crippen molar-refractivity contribution in [2.24, 2.45) is 0 Å². The van der Waals surface area contributed by atoms with E-state index in [1.165, 1.54) is 12.1 Å². The molecule has 1 fully saturated rings. The van der Waals surface area contributed by atoms with E-state index >= 15 is 4.39 Å². The topological polar surface area (TPSA) is 59.5 Å². The van der Waals surface area contributed by atoms with E-state index in [0.717, 1.165) is 25.2 Å². The zero-order chi connectivity index (χ0) is 25.2. The van der Waals surface area contributed by atoms with Gasteiger partial charge in [-0.3, -0.25) is 14.7 Å². The van der Waals surface area contributed by atoms with Crippen LogP contribution in [0.1, 0.15) is 47.1 Å². The summed E-state index contributed by atoms with van der Waals surface area (Å²) in [6.07, 6.45) is -1.44. The maximum absolute atomic E-state index is 15.1. The van der Waals surface area contributed by atoms with E-state index in [0.29, 0.717) is 22.1 Å². The highest BCUT2D eigenvalue weighted by Gasteiger charge is 2.42. The molecule has 182 valence electrons. The van der Waals surface area contributed by atoms with Crippen LogP contribution >= 0.6 is 11.6 Å². The van der Waals surface area contributed by atoms with Crippen molar-refractivity contribution in [3.05, 3.63) is 95.1 Å². The summed E-state index contributed by atoms with van der Waals surface area (Å²) >= 11 is 5.75. The molecule has 2 aromatic carbocycles. The standard InChI is InChI=1S/C25H19ClF4N2O3/c26-24(34)32(21-9-8-17(12-20(21)27)16-6-7-16)22(18-13-31-11-10-19(18)25(28,29)30)23(33)35-14-15-4-2-1-3-5-15/h1-5,8-13,16,22H,6-7,14H2. The number of esters is 1. The Labute approximate surface area is 203 Å². The zero-order valence-corrected chi connectivity index (χ0v) is 18.9. The highest BCUT2D eigenvalue weighted by Crippen LogP contribution is 2.43. The summed E-state index contributed by atoms with van der Waals surface area (Å²) in [5.74, 6) is -1.95. The number of hydrogen-bond acceptors (Lipinski definition) is 4. The van der Waals surface area contributed by atoms with Crippen LogP contribution in [0.25, 0.3) is 0 Å². The van der Waals surface area contributed by atoms with E-state index < -0.39 is 46.2 Å². The lowest BCUT2D eigenvalue weighted by Gasteiger charge is -2.30. The first-order chi connectivity index (χ1) is 16.7. The first-order valence-corrected chi connectivity index (χ1v) is 11.0. The molecular formula is C25H19ClF4N2O3. The minimum absolute atomic E-state index is 0.181. The first kappa shape index (κ1) is 24.7. The van der Waals surface area contributed by atoms with Gasteiger partial charge in [0.2, 0.25) is 0 Å². The summed E-state index contributed by atoms with van der Waals surface area (Å²) < 4.78 is 61.9. The van der Waals surface area contributed by atoms with Crippen LogP contribution in [0.2, 0.25) is 0 Å². The van der Waals surface area contributed by atoms with Gasteiger partial charge in [0.1, 0.15) is 12.4 Å². The van der Waals surface area contributed by atoms with Gasteiger partial charge in [0.15, 0.2) is 6.04 Å². The van der Waals surface area contributed by atoms with Gasteiger partial charge in [0, 0.05) is 18.0 Å². The highest BCUT2D eigenvalue weighted by atomic mass is 35.5. The molecule has 3 aromatic rings. The van der Waals surface area contributed by atoms with Crippen LogP contribution in [-0.2, 0) is 22.3 Å². The third-order valence-corrected chi connectivity index (χ3v) is 5.81. The SMILES string of the molecule is O=C(OCc1ccccc1)C(c1cnccc1C(F)(F)F)N(C(=O)Cl)c1ccc(C2CC2)cc1F. The number of amides is 1. The van der Waals surface area contributed by atoms with E-state index in [1.54, 1.807) is 36.4 Å². The number of rotatable bonds is 7. The Bertz CT molecular complexity index is 1230. The fraction of sp³-hybridized carbons (Fsp3) is 0.240. The quantitative estimate of drug-likeness (QED) is 0.154. The van der Waals surface area contributed by atoms with E-state index in [2.05, 4.69) is 4.98 Å². The average Bonchev–Trinajstić information content (AvgIpc) is 3.67. The minimum Gasteiger partial charge on any atom is -0.459 e. The van der Waals surface area contributed by atoms with Crippen molar-refractivity contribution in [3.8, 4) is 0 Å². The van der Waals surface area contributed by atoms with E-state index in [1.807, 2.05) is 0 Å². The van der Waals surface area contributed by atoms with Crippen molar-refractivity contribution in [3.63, 3.8) is 0 Å². The van der Waals surface area contributed by atoms with Gasteiger partial charge in [-0.15, -0.1) is 0 Å². The fourth-order valence-electron chi connectivity index (χ4n) is 3.79. The summed E-state index contributed by atoms with van der Waals surface area (Å²) in [6.45, 7) is -0.287. The molecule has 1 aliphatic carbocycles. The van der Waals surface area contributed by atoms with Crippen LogP contribution in [0.3, 0.4) is 0 Å². The molecule has 0 saturated heterocycles. The average molecular weight is 507 g/mol. The van der Waals surface area contributed by atoms with Crippen LogP contribution in [-0.4, -0.2) is 16.3 Å². The maximum Gasteiger partial charge on any atom is 0.416 e. The molecular weight excluding hydrogens is 488 g/mol. The summed E-state index contributed by atoms with van der Waals surface area (Å²) in [7, 11) is 0. The Morgan fingerprint density at radius 3 is 2.43 bits per heavy atom. The van der Waals surface area contributed by atoms with Gasteiger partial charge in [-0.1, -0.05) is 36.4 Å². The molecule has 0 aliphatic heterocycles. The fourth-order valence-corrected chi connectivity index (χ4v) is 3.97. The Morgan fingerprint density at radius 1 is 1.11 bits per heavy atom. The van der Waals surface area contributed by atoms with E-state index in [-0.39, 0.29) is 12.5 Å². The van der Waals surface area contributed by atoms with E-state index in [4.69, 9.17) is 16.3 Å². The zero-order valence-electron chi connectivity index (χ0n) is 18.1. The molecule has 0 spiro atoms. The number of nitrogens with zero attached hydrogens (tertiary/aromatic N) is 2. The van der Waals surface area contributed by atoms with Crippen molar-refractivity contribution in [2.75, 3.05) is 4.90 Å². The number of benzene rings is 2. The molecule has 1 saturated carbocycles. The molecule has 1 aliphatic rings. The maximum atomic E-state index is 15.1. The van der Waals surface area contributed by atoms with Crippen LogP contribution in [0, 0.1) is 5.82 Å². The highest BCUT2D eigenvalue weighted by molar-refractivity contribution is 6.66. The molecule has 5 nitrogen and oxygen atoms in total. The van der Waals surface area contributed by atoms with Gasteiger partial charge in [-0.2, -0.15) is 13.2 Å². The number of carbonyl (C=O) groups is 2. The smallest absolute Gasteiger partial charge is 0.416 e. The number of aromatic nitrogens is 1. The molecule has 4 rings (SSSR count). The van der Waals surface area contributed by atoms with Crippen LogP contribution < -0.4 is 4.90 Å². The number of alkyl halides is 3. The number of halogens is 5. The lowest BCUT2D eigenvalue weighted by molar-refractivity contribution is -0.147. The summed E-state index contributed by atoms with van der Waals surface area (Å²) in [6, 6.07) is 11.0. The molecule has 0 radical (unpaired) electrons. The molecule has 1 unspecified atom stereocenters. The number of carbonyl (C=O) groups excluding carboxylic acids is 2. The lowest BCUT2D eigenvalue weighted by atomic mass is 10.00. The van der Waals surface area contributed by atoms with Crippen LogP contribution in [0.5, 0.6) is 0 Å². The molecule has 1 amide bonds. The molecule has 0 bridgehead atoms. The largest absolute Gasteiger partial charge is 0.459 e. The summed E-state index contributed by atoms with van der Waals surface area (Å²) in [5.41, 5.74) is -1.13. The van der Waals surface area contributed by atoms with Crippen molar-refractivity contribution < 1.29 is 31.9 Å². The second-order valence-corrected chi connectivity index (χ2v) is 8.39.